The first-order valence-corrected chi connectivity index (χ1v) is 4.80. The molecule has 0 aliphatic heterocycles. The van der Waals surface area contributed by atoms with E-state index in [1.165, 1.54) is 0 Å². The summed E-state index contributed by atoms with van der Waals surface area (Å²) in [5.41, 5.74) is 1.76. The monoisotopic (exact) mass is 212 g/mol. The van der Waals surface area contributed by atoms with Gasteiger partial charge in [0.15, 0.2) is 11.6 Å². The Labute approximate surface area is 91.0 Å². The molecular formula is C12H7FN3. The van der Waals surface area contributed by atoms with Gasteiger partial charge in [-0.2, -0.15) is 0 Å². The highest BCUT2D eigenvalue weighted by Crippen LogP contribution is 2.20. The molecule has 0 fully saturated rings. The molecule has 0 amide bonds. The van der Waals surface area contributed by atoms with Gasteiger partial charge in [-0.25, -0.2) is 14.4 Å². The van der Waals surface area contributed by atoms with E-state index in [-0.39, 0.29) is 0 Å². The molecule has 3 rings (SSSR count). The highest BCUT2D eigenvalue weighted by molar-refractivity contribution is 5.84. The van der Waals surface area contributed by atoms with E-state index in [0.29, 0.717) is 5.82 Å². The van der Waals surface area contributed by atoms with Gasteiger partial charge in [0, 0.05) is 10.9 Å². The molecule has 16 heavy (non-hydrogen) atoms. The SMILES string of the molecule is Fc1cnc(-c2cc3c[c]ccc3[nH]2)nc1. The number of benzene rings is 1. The molecular weight excluding hydrogens is 205 g/mol. The fraction of sp³-hybridized carbons (Fsp3) is 0. The van der Waals surface area contributed by atoms with Crippen LogP contribution in [0, 0.1) is 11.9 Å². The van der Waals surface area contributed by atoms with Crippen molar-refractivity contribution in [2.24, 2.45) is 0 Å². The average molecular weight is 212 g/mol. The summed E-state index contributed by atoms with van der Waals surface area (Å²) in [6.45, 7) is 0. The minimum absolute atomic E-state index is 0.437. The number of H-pyrrole nitrogens is 1. The normalized spacial score (nSPS) is 10.8. The first-order valence-electron chi connectivity index (χ1n) is 4.80. The summed E-state index contributed by atoms with van der Waals surface area (Å²) in [6, 6.07) is 10.5. The summed E-state index contributed by atoms with van der Waals surface area (Å²) in [5, 5.41) is 1.03. The van der Waals surface area contributed by atoms with Crippen LogP contribution < -0.4 is 0 Å². The van der Waals surface area contributed by atoms with Gasteiger partial charge in [-0.1, -0.05) is 6.07 Å². The Morgan fingerprint density at radius 2 is 2.06 bits per heavy atom. The van der Waals surface area contributed by atoms with Crippen LogP contribution in [0.15, 0.2) is 36.7 Å². The van der Waals surface area contributed by atoms with Crippen molar-refractivity contribution in [2.45, 2.75) is 0 Å². The summed E-state index contributed by atoms with van der Waals surface area (Å²) >= 11 is 0. The number of nitrogens with zero attached hydrogens (tertiary/aromatic N) is 2. The van der Waals surface area contributed by atoms with Crippen LogP contribution in [0.4, 0.5) is 4.39 Å². The lowest BCUT2D eigenvalue weighted by Crippen LogP contribution is -1.89. The Bertz CT molecular complexity index is 595. The Morgan fingerprint density at radius 3 is 2.81 bits per heavy atom. The van der Waals surface area contributed by atoms with Crippen molar-refractivity contribution in [3.63, 3.8) is 0 Å². The Kier molecular flexibility index (Phi) is 1.93. The largest absolute Gasteiger partial charge is 0.352 e. The Hall–Kier alpha value is -2.23. The molecule has 1 radical (unpaired) electrons. The van der Waals surface area contributed by atoms with Crippen molar-refractivity contribution in [3.8, 4) is 11.5 Å². The second-order valence-electron chi connectivity index (χ2n) is 3.42. The predicted octanol–water partition coefficient (Wildman–Crippen LogP) is 2.56. The maximum atomic E-state index is 12.7. The number of nitrogens with one attached hydrogen (secondary N) is 1. The molecule has 0 aliphatic carbocycles. The molecule has 0 atom stereocenters. The average Bonchev–Trinajstić information content (AvgIpc) is 2.73. The number of hydrogen-bond donors (Lipinski definition) is 1. The zero-order chi connectivity index (χ0) is 11.0. The summed E-state index contributed by atoms with van der Waals surface area (Å²) in [5.74, 6) is 0.0470. The number of hydrogen-bond acceptors (Lipinski definition) is 2. The molecule has 0 saturated heterocycles. The first-order chi connectivity index (χ1) is 7.83. The van der Waals surface area contributed by atoms with E-state index in [1.807, 2.05) is 24.3 Å². The standard InChI is InChI=1S/C12H7FN3/c13-9-6-14-12(15-7-9)11-5-8-3-1-2-4-10(8)16-11/h2-7,16H. The van der Waals surface area contributed by atoms with Gasteiger partial charge < -0.3 is 4.98 Å². The van der Waals surface area contributed by atoms with E-state index in [0.717, 1.165) is 29.0 Å². The molecule has 3 nitrogen and oxygen atoms in total. The fourth-order valence-corrected chi connectivity index (χ4v) is 1.59. The smallest absolute Gasteiger partial charge is 0.176 e. The van der Waals surface area contributed by atoms with Crippen LogP contribution in [0.2, 0.25) is 0 Å². The number of halogens is 1. The third-order valence-electron chi connectivity index (χ3n) is 2.33. The summed E-state index contributed by atoms with van der Waals surface area (Å²) < 4.78 is 12.7. The van der Waals surface area contributed by atoms with Crippen molar-refractivity contribution in [1.29, 1.82) is 0 Å². The minimum Gasteiger partial charge on any atom is -0.352 e. The van der Waals surface area contributed by atoms with Crippen LogP contribution in [-0.4, -0.2) is 15.0 Å². The lowest BCUT2D eigenvalue weighted by Gasteiger charge is -1.94. The molecule has 1 aromatic carbocycles. The fourth-order valence-electron chi connectivity index (χ4n) is 1.59. The number of rotatable bonds is 1. The van der Waals surface area contributed by atoms with E-state index < -0.39 is 5.82 Å². The van der Waals surface area contributed by atoms with Crippen LogP contribution >= 0.6 is 0 Å². The lowest BCUT2D eigenvalue weighted by molar-refractivity contribution is 0.614. The molecule has 0 aliphatic rings. The summed E-state index contributed by atoms with van der Waals surface area (Å²) in [4.78, 5) is 11.0. The van der Waals surface area contributed by atoms with Gasteiger partial charge in [-0.15, -0.1) is 0 Å². The van der Waals surface area contributed by atoms with Gasteiger partial charge in [0.1, 0.15) is 0 Å². The van der Waals surface area contributed by atoms with E-state index in [9.17, 15) is 4.39 Å². The highest BCUT2D eigenvalue weighted by Gasteiger charge is 2.05. The molecule has 4 heteroatoms. The summed E-state index contributed by atoms with van der Waals surface area (Å²) in [7, 11) is 0. The molecule has 0 saturated carbocycles. The zero-order valence-electron chi connectivity index (χ0n) is 8.24. The van der Waals surface area contributed by atoms with E-state index in [1.54, 1.807) is 0 Å². The Morgan fingerprint density at radius 1 is 1.25 bits per heavy atom. The third-order valence-corrected chi connectivity index (χ3v) is 2.33. The van der Waals surface area contributed by atoms with Crippen LogP contribution in [0.25, 0.3) is 22.4 Å². The van der Waals surface area contributed by atoms with Gasteiger partial charge in [0.2, 0.25) is 0 Å². The summed E-state index contributed by atoms with van der Waals surface area (Å²) in [6.07, 6.45) is 2.31. The van der Waals surface area contributed by atoms with Crippen LogP contribution in [0.1, 0.15) is 0 Å². The molecule has 0 unspecified atom stereocenters. The molecule has 2 aromatic heterocycles. The molecule has 3 aromatic rings. The second kappa shape index (κ2) is 3.41. The van der Waals surface area contributed by atoms with E-state index in [4.69, 9.17) is 0 Å². The van der Waals surface area contributed by atoms with E-state index >= 15 is 0 Å². The lowest BCUT2D eigenvalue weighted by atomic mass is 10.2. The van der Waals surface area contributed by atoms with Crippen LogP contribution in [0.5, 0.6) is 0 Å². The van der Waals surface area contributed by atoms with Crippen molar-refractivity contribution >= 4 is 10.9 Å². The third kappa shape index (κ3) is 1.44. The topological polar surface area (TPSA) is 41.6 Å². The molecule has 2 heterocycles. The maximum absolute atomic E-state index is 12.7. The molecule has 0 bridgehead atoms. The highest BCUT2D eigenvalue weighted by atomic mass is 19.1. The van der Waals surface area contributed by atoms with Crippen molar-refractivity contribution in [2.75, 3.05) is 0 Å². The number of aromatic nitrogens is 3. The van der Waals surface area contributed by atoms with Gasteiger partial charge in [0.05, 0.1) is 18.1 Å². The zero-order valence-corrected chi connectivity index (χ0v) is 8.24. The van der Waals surface area contributed by atoms with Gasteiger partial charge in [-0.05, 0) is 24.3 Å². The van der Waals surface area contributed by atoms with Gasteiger partial charge >= 0.3 is 0 Å². The molecule has 1 N–H and O–H groups in total. The molecule has 77 valence electrons. The number of fused-ring (bicyclic) bond motifs is 1. The van der Waals surface area contributed by atoms with Gasteiger partial charge in [0.25, 0.3) is 0 Å². The van der Waals surface area contributed by atoms with Crippen LogP contribution in [-0.2, 0) is 0 Å². The van der Waals surface area contributed by atoms with Crippen molar-refractivity contribution < 1.29 is 4.39 Å². The van der Waals surface area contributed by atoms with Crippen molar-refractivity contribution in [3.05, 3.63) is 48.5 Å². The van der Waals surface area contributed by atoms with Crippen LogP contribution in [0.3, 0.4) is 0 Å². The maximum Gasteiger partial charge on any atom is 0.176 e. The quantitative estimate of drug-likeness (QED) is 0.673. The Balaban J connectivity index is 2.15. The first kappa shape index (κ1) is 9.03. The number of aromatic amines is 1. The van der Waals surface area contributed by atoms with Crippen molar-refractivity contribution in [1.82, 2.24) is 15.0 Å². The predicted molar refractivity (Wildman–Crippen MR) is 58.1 cm³/mol. The minimum atomic E-state index is -0.437. The molecule has 0 spiro atoms. The van der Waals surface area contributed by atoms with E-state index in [2.05, 4.69) is 21.0 Å². The second-order valence-corrected chi connectivity index (χ2v) is 3.42. The van der Waals surface area contributed by atoms with Gasteiger partial charge in [-0.3, -0.25) is 0 Å².